The summed E-state index contributed by atoms with van der Waals surface area (Å²) in [7, 11) is 0. The summed E-state index contributed by atoms with van der Waals surface area (Å²) in [4.78, 5) is 23.3. The van der Waals surface area contributed by atoms with Crippen LogP contribution in [0.15, 0.2) is 0 Å². The topological polar surface area (TPSA) is 294 Å². The molecular weight excluding hydrogens is 548 g/mol. The van der Waals surface area contributed by atoms with Crippen molar-refractivity contribution in [1.82, 2.24) is 0 Å². The maximum Gasteiger partial charge on any atom is 0.364 e. The zero-order valence-electron chi connectivity index (χ0n) is 21.9. The van der Waals surface area contributed by atoms with Gasteiger partial charge in [0.2, 0.25) is 0 Å². The lowest BCUT2D eigenvalue weighted by atomic mass is 9.84. The van der Waals surface area contributed by atoms with Crippen molar-refractivity contribution in [1.29, 1.82) is 0 Å². The molecule has 2 heterocycles. The Morgan fingerprint density at radius 2 is 1.70 bits per heavy atom. The van der Waals surface area contributed by atoms with Gasteiger partial charge in [-0.1, -0.05) is 13.8 Å². The Bertz CT molecular complexity index is 816. The first-order valence-corrected chi connectivity index (χ1v) is 12.7. The average molecular weight is 589 g/mol. The van der Waals surface area contributed by atoms with Gasteiger partial charge in [0, 0.05) is 12.3 Å². The third-order valence-corrected chi connectivity index (χ3v) is 7.24. The molecule has 2 saturated heterocycles. The zero-order valence-corrected chi connectivity index (χ0v) is 21.9. The number of carboxylic acid groups (broad SMARTS) is 1. The Morgan fingerprint density at radius 1 is 1.07 bits per heavy atom. The molecule has 2 fully saturated rings. The van der Waals surface area contributed by atoms with E-state index >= 15 is 0 Å². The number of carbonyl (C=O) groups excluding carboxylic acids is 1. The lowest BCUT2D eigenvalue weighted by Gasteiger charge is -2.49. The van der Waals surface area contributed by atoms with Gasteiger partial charge in [0.05, 0.1) is 31.5 Å². The molecular formula is C23H40O17. The number of rotatable bonds is 14. The van der Waals surface area contributed by atoms with Gasteiger partial charge in [-0.3, -0.25) is 0 Å². The van der Waals surface area contributed by atoms with E-state index in [1.54, 1.807) is 0 Å². The number of ether oxygens (including phenoxy) is 4. The van der Waals surface area contributed by atoms with Crippen molar-refractivity contribution in [2.45, 2.75) is 112 Å². The normalized spacial score (nSPS) is 39.5. The predicted octanol–water partition coefficient (Wildman–Crippen LogP) is -5.83. The summed E-state index contributed by atoms with van der Waals surface area (Å²) in [6.45, 7) is 0.962. The van der Waals surface area contributed by atoms with E-state index in [1.807, 2.05) is 0 Å². The summed E-state index contributed by atoms with van der Waals surface area (Å²) in [6.07, 6.45) is -24.9. The highest BCUT2D eigenvalue weighted by Crippen LogP contribution is 2.39. The van der Waals surface area contributed by atoms with Crippen molar-refractivity contribution >= 4 is 12.3 Å². The second-order valence-corrected chi connectivity index (χ2v) is 9.99. The number of carbonyl (C=O) groups is 2. The van der Waals surface area contributed by atoms with Gasteiger partial charge in [-0.2, -0.15) is 0 Å². The largest absolute Gasteiger partial charge is 0.477 e. The predicted molar refractivity (Wildman–Crippen MR) is 126 cm³/mol. The maximum absolute atomic E-state index is 12.4. The number of hydrogen-bond acceptors (Lipinski definition) is 16. The molecule has 0 amide bonds. The standard InChI is InChI=1S/C23H40O17/c1-3-9(27)14(31)18-8(2)10(28)4-23(39-18,22(35)36)40-20-16(33)13(7-26)37-21(17(20)34)38-19(12(30)6-25)15(32)11(29)5-24/h5,8-21,25-34H,3-4,6-7H2,1-2H3,(H,35,36). The third-order valence-electron chi connectivity index (χ3n) is 7.24. The molecule has 11 N–H and O–H groups in total. The van der Waals surface area contributed by atoms with Crippen LogP contribution >= 0.6 is 0 Å². The van der Waals surface area contributed by atoms with Crippen LogP contribution in [0.4, 0.5) is 0 Å². The first kappa shape index (κ1) is 34.8. The minimum atomic E-state index is -2.82. The SMILES string of the molecule is CCC(O)C(O)C1OC(OC2C(O)C(CO)OC(OC(C(O)CO)C(O)C(O)C=O)C2O)(C(=O)O)CC(O)C1C. The molecule has 0 saturated carbocycles. The Hall–Kier alpha value is -1.42. The molecule has 15 unspecified atom stereocenters. The summed E-state index contributed by atoms with van der Waals surface area (Å²) >= 11 is 0. The lowest BCUT2D eigenvalue weighted by Crippen LogP contribution is -2.67. The molecule has 0 aromatic heterocycles. The minimum absolute atomic E-state index is 0.0465. The van der Waals surface area contributed by atoms with Gasteiger partial charge in [-0.15, -0.1) is 0 Å². The van der Waals surface area contributed by atoms with E-state index < -0.39 is 117 Å². The summed E-state index contributed by atoms with van der Waals surface area (Å²) in [5, 5.41) is 112. The fraction of sp³-hybridized carbons (Fsp3) is 0.913. The molecule has 40 heavy (non-hydrogen) atoms. The Labute approximate surface area is 228 Å². The van der Waals surface area contributed by atoms with E-state index in [2.05, 4.69) is 0 Å². The van der Waals surface area contributed by atoms with Gasteiger partial charge < -0.3 is 79.9 Å². The molecule has 0 aromatic rings. The molecule has 2 rings (SSSR count). The highest BCUT2D eigenvalue weighted by atomic mass is 16.8. The first-order chi connectivity index (χ1) is 18.7. The molecule has 0 aromatic carbocycles. The molecule has 0 bridgehead atoms. The summed E-state index contributed by atoms with van der Waals surface area (Å²) in [5.41, 5.74) is 0. The van der Waals surface area contributed by atoms with Gasteiger partial charge in [0.15, 0.2) is 12.6 Å². The van der Waals surface area contributed by atoms with Crippen molar-refractivity contribution in [2.75, 3.05) is 13.2 Å². The molecule has 2 aliphatic heterocycles. The number of aliphatic hydroxyl groups is 10. The van der Waals surface area contributed by atoms with Crippen molar-refractivity contribution in [3.05, 3.63) is 0 Å². The highest BCUT2D eigenvalue weighted by molar-refractivity contribution is 5.76. The van der Waals surface area contributed by atoms with E-state index in [-0.39, 0.29) is 12.7 Å². The van der Waals surface area contributed by atoms with Crippen LogP contribution in [-0.4, -0.2) is 167 Å². The van der Waals surface area contributed by atoms with Gasteiger partial charge in [-0.25, -0.2) is 4.79 Å². The second kappa shape index (κ2) is 14.7. The molecule has 0 aliphatic carbocycles. The van der Waals surface area contributed by atoms with E-state index in [1.165, 1.54) is 13.8 Å². The maximum atomic E-state index is 12.4. The third kappa shape index (κ3) is 7.31. The molecule has 15 atom stereocenters. The minimum Gasteiger partial charge on any atom is -0.477 e. The molecule has 0 spiro atoms. The number of aldehydes is 1. The van der Waals surface area contributed by atoms with Gasteiger partial charge in [-0.05, 0) is 6.42 Å². The van der Waals surface area contributed by atoms with Crippen molar-refractivity contribution in [3.8, 4) is 0 Å². The molecule has 2 aliphatic rings. The van der Waals surface area contributed by atoms with E-state index in [4.69, 9.17) is 18.9 Å². The first-order valence-electron chi connectivity index (χ1n) is 12.7. The Morgan fingerprint density at radius 3 is 2.20 bits per heavy atom. The van der Waals surface area contributed by atoms with Crippen LogP contribution in [0.25, 0.3) is 0 Å². The van der Waals surface area contributed by atoms with E-state index in [0.29, 0.717) is 0 Å². The van der Waals surface area contributed by atoms with Crippen LogP contribution in [0.3, 0.4) is 0 Å². The van der Waals surface area contributed by atoms with Crippen LogP contribution < -0.4 is 0 Å². The number of carboxylic acids is 1. The summed E-state index contributed by atoms with van der Waals surface area (Å²) in [6, 6.07) is 0. The average Bonchev–Trinajstić information content (AvgIpc) is 2.94. The fourth-order valence-electron chi connectivity index (χ4n) is 4.62. The van der Waals surface area contributed by atoms with Crippen LogP contribution in [0, 0.1) is 5.92 Å². The molecule has 17 nitrogen and oxygen atoms in total. The van der Waals surface area contributed by atoms with Crippen molar-refractivity contribution < 1.29 is 84.7 Å². The Balaban J connectivity index is 2.43. The Kier molecular flexibility index (Phi) is 12.7. The van der Waals surface area contributed by atoms with E-state index in [9.17, 15) is 65.8 Å². The quantitative estimate of drug-likeness (QED) is 0.0842. The number of hydrogen-bond donors (Lipinski definition) is 11. The number of aliphatic carboxylic acids is 1. The van der Waals surface area contributed by atoms with Gasteiger partial charge in [0.1, 0.15) is 54.9 Å². The van der Waals surface area contributed by atoms with Crippen LogP contribution in [0.5, 0.6) is 0 Å². The van der Waals surface area contributed by atoms with Gasteiger partial charge in [0.25, 0.3) is 5.79 Å². The molecule has 0 radical (unpaired) electrons. The van der Waals surface area contributed by atoms with Crippen molar-refractivity contribution in [3.63, 3.8) is 0 Å². The van der Waals surface area contributed by atoms with Crippen molar-refractivity contribution in [2.24, 2.45) is 5.92 Å². The molecule has 234 valence electrons. The summed E-state index contributed by atoms with van der Waals surface area (Å²) in [5.74, 6) is -5.57. The van der Waals surface area contributed by atoms with Crippen LogP contribution in [-0.2, 0) is 28.5 Å². The lowest BCUT2D eigenvalue weighted by molar-refractivity contribution is -0.379. The zero-order chi connectivity index (χ0) is 30.5. The number of aliphatic hydroxyl groups excluding tert-OH is 10. The monoisotopic (exact) mass is 588 g/mol. The second-order valence-electron chi connectivity index (χ2n) is 9.99. The van der Waals surface area contributed by atoms with E-state index in [0.717, 1.165) is 0 Å². The van der Waals surface area contributed by atoms with Gasteiger partial charge >= 0.3 is 5.97 Å². The van der Waals surface area contributed by atoms with Crippen LogP contribution in [0.1, 0.15) is 26.7 Å². The smallest absolute Gasteiger partial charge is 0.364 e. The highest BCUT2D eigenvalue weighted by Gasteiger charge is 2.58. The fourth-order valence-corrected chi connectivity index (χ4v) is 4.62. The summed E-state index contributed by atoms with van der Waals surface area (Å²) < 4.78 is 21.7. The van der Waals surface area contributed by atoms with Crippen LogP contribution in [0.2, 0.25) is 0 Å². The molecule has 17 heteroatoms.